The number of benzene rings is 2. The maximum atomic E-state index is 10.7. The normalized spacial score (nSPS) is 11.8. The molecule has 0 saturated carbocycles. The van der Waals surface area contributed by atoms with E-state index in [4.69, 9.17) is 21.0 Å². The number of carbonyl (C=O) groups is 1. The Hall–Kier alpha value is -2.81. The van der Waals surface area contributed by atoms with Crippen molar-refractivity contribution in [3.8, 4) is 18.1 Å². The van der Waals surface area contributed by atoms with Crippen LogP contribution in [-0.4, -0.2) is 49.3 Å². The van der Waals surface area contributed by atoms with E-state index in [2.05, 4.69) is 16.9 Å². The summed E-state index contributed by atoms with van der Waals surface area (Å²) in [6, 6.07) is 15.6. The van der Waals surface area contributed by atoms with E-state index >= 15 is 0 Å². The van der Waals surface area contributed by atoms with E-state index in [-0.39, 0.29) is 12.5 Å². The number of rotatable bonds is 11. The Morgan fingerprint density at radius 2 is 1.89 bits per heavy atom. The number of carboxylic acids is 1. The molecule has 0 aliphatic heterocycles. The third-order valence-electron chi connectivity index (χ3n) is 4.48. The van der Waals surface area contributed by atoms with Crippen LogP contribution in [0, 0.1) is 12.3 Å². The zero-order chi connectivity index (χ0) is 20.4. The molecule has 148 valence electrons. The molecule has 2 aromatic rings. The SMILES string of the molecule is C#CCN(C)[C@H](COC)Cc1cccc(OCc2ccc(CC(=O)O)cc2)c1. The van der Waals surface area contributed by atoms with E-state index in [1.165, 1.54) is 0 Å². The third kappa shape index (κ3) is 7.07. The van der Waals surface area contributed by atoms with E-state index in [9.17, 15) is 4.79 Å². The van der Waals surface area contributed by atoms with Crippen LogP contribution in [0.5, 0.6) is 5.75 Å². The average Bonchev–Trinajstić information content (AvgIpc) is 2.67. The second-order valence-electron chi connectivity index (χ2n) is 6.76. The highest BCUT2D eigenvalue weighted by Gasteiger charge is 2.15. The molecule has 0 radical (unpaired) electrons. The molecule has 2 aromatic carbocycles. The summed E-state index contributed by atoms with van der Waals surface area (Å²) < 4.78 is 11.2. The van der Waals surface area contributed by atoms with Gasteiger partial charge in [-0.1, -0.05) is 42.3 Å². The summed E-state index contributed by atoms with van der Waals surface area (Å²) >= 11 is 0. The summed E-state index contributed by atoms with van der Waals surface area (Å²) in [5.74, 6) is 2.63. The second kappa shape index (κ2) is 11.1. The Bertz CT molecular complexity index is 795. The molecule has 1 N–H and O–H groups in total. The minimum Gasteiger partial charge on any atom is -0.489 e. The fraction of sp³-hybridized carbons (Fsp3) is 0.348. The van der Waals surface area contributed by atoms with Crippen molar-refractivity contribution < 1.29 is 19.4 Å². The lowest BCUT2D eigenvalue weighted by atomic mass is 10.0. The summed E-state index contributed by atoms with van der Waals surface area (Å²) in [6.07, 6.45) is 6.27. The minimum absolute atomic E-state index is 0.0277. The van der Waals surface area contributed by atoms with Crippen molar-refractivity contribution in [2.75, 3.05) is 27.3 Å². The van der Waals surface area contributed by atoms with Gasteiger partial charge in [0.1, 0.15) is 12.4 Å². The number of aliphatic carboxylic acids is 1. The lowest BCUT2D eigenvalue weighted by Crippen LogP contribution is -2.37. The van der Waals surface area contributed by atoms with Crippen molar-refractivity contribution in [3.05, 3.63) is 65.2 Å². The van der Waals surface area contributed by atoms with Gasteiger partial charge in [0.2, 0.25) is 0 Å². The number of nitrogens with zero attached hydrogens (tertiary/aromatic N) is 1. The Morgan fingerprint density at radius 3 is 2.54 bits per heavy atom. The Morgan fingerprint density at radius 1 is 1.18 bits per heavy atom. The molecule has 5 nitrogen and oxygen atoms in total. The van der Waals surface area contributed by atoms with Gasteiger partial charge >= 0.3 is 5.97 Å². The molecule has 2 rings (SSSR count). The molecule has 0 unspecified atom stereocenters. The van der Waals surface area contributed by atoms with Gasteiger partial charge in [-0.3, -0.25) is 9.69 Å². The number of hydrogen-bond donors (Lipinski definition) is 1. The molecule has 0 spiro atoms. The van der Waals surface area contributed by atoms with Gasteiger partial charge in [0, 0.05) is 13.2 Å². The molecular formula is C23H27NO4. The van der Waals surface area contributed by atoms with Crippen LogP contribution in [0.2, 0.25) is 0 Å². The van der Waals surface area contributed by atoms with Crippen LogP contribution in [-0.2, 0) is 29.0 Å². The van der Waals surface area contributed by atoms with Gasteiger partial charge in [0.05, 0.1) is 19.6 Å². The molecule has 0 aliphatic carbocycles. The molecule has 5 heteroatoms. The van der Waals surface area contributed by atoms with E-state index in [0.717, 1.165) is 28.9 Å². The topological polar surface area (TPSA) is 59.0 Å². The van der Waals surface area contributed by atoms with Crippen LogP contribution in [0.3, 0.4) is 0 Å². The van der Waals surface area contributed by atoms with Gasteiger partial charge in [-0.15, -0.1) is 6.42 Å². The highest BCUT2D eigenvalue weighted by Crippen LogP contribution is 2.18. The first-order valence-electron chi connectivity index (χ1n) is 9.15. The average molecular weight is 381 g/mol. The Kier molecular flexibility index (Phi) is 8.54. The molecule has 0 aromatic heterocycles. The van der Waals surface area contributed by atoms with Crippen LogP contribution in [0.25, 0.3) is 0 Å². The molecule has 0 bridgehead atoms. The van der Waals surface area contributed by atoms with Crippen molar-refractivity contribution in [3.63, 3.8) is 0 Å². The second-order valence-corrected chi connectivity index (χ2v) is 6.76. The maximum Gasteiger partial charge on any atom is 0.307 e. The van der Waals surface area contributed by atoms with E-state index in [1.54, 1.807) is 7.11 Å². The van der Waals surface area contributed by atoms with E-state index in [0.29, 0.717) is 19.8 Å². The molecular weight excluding hydrogens is 354 g/mol. The largest absolute Gasteiger partial charge is 0.489 e. The van der Waals surface area contributed by atoms with Gasteiger partial charge < -0.3 is 14.6 Å². The fourth-order valence-corrected chi connectivity index (χ4v) is 2.94. The number of ether oxygens (including phenoxy) is 2. The highest BCUT2D eigenvalue weighted by molar-refractivity contribution is 5.70. The molecule has 0 saturated heterocycles. The monoisotopic (exact) mass is 381 g/mol. The Labute approximate surface area is 166 Å². The first-order valence-corrected chi connectivity index (χ1v) is 9.15. The predicted octanol–water partition coefficient (Wildman–Crippen LogP) is 3.02. The van der Waals surface area contributed by atoms with Crippen LogP contribution >= 0.6 is 0 Å². The first kappa shape index (κ1) is 21.5. The minimum atomic E-state index is -0.833. The first-order chi connectivity index (χ1) is 13.5. The van der Waals surface area contributed by atoms with Crippen LogP contribution in [0.4, 0.5) is 0 Å². The van der Waals surface area contributed by atoms with Crippen LogP contribution in [0.15, 0.2) is 48.5 Å². The lowest BCUT2D eigenvalue weighted by molar-refractivity contribution is -0.136. The quantitative estimate of drug-likeness (QED) is 0.607. The smallest absolute Gasteiger partial charge is 0.307 e. The van der Waals surface area contributed by atoms with E-state index in [1.807, 2.05) is 49.5 Å². The van der Waals surface area contributed by atoms with Gasteiger partial charge in [-0.05, 0) is 42.3 Å². The molecule has 0 amide bonds. The van der Waals surface area contributed by atoms with Crippen molar-refractivity contribution in [2.45, 2.75) is 25.5 Å². The third-order valence-corrected chi connectivity index (χ3v) is 4.48. The zero-order valence-corrected chi connectivity index (χ0v) is 16.4. The summed E-state index contributed by atoms with van der Waals surface area (Å²) in [6.45, 7) is 1.60. The summed E-state index contributed by atoms with van der Waals surface area (Å²) in [7, 11) is 3.69. The van der Waals surface area contributed by atoms with Crippen molar-refractivity contribution in [1.29, 1.82) is 0 Å². The standard InChI is InChI=1S/C23H27NO4/c1-4-12-24(2)21(17-27-3)13-20-6-5-7-22(14-20)28-16-19-10-8-18(9-11-19)15-23(25)26/h1,5-11,14,21H,12-13,15-17H2,2-3H3,(H,25,26)/t21-/m0/s1. The summed E-state index contributed by atoms with van der Waals surface area (Å²) in [4.78, 5) is 12.9. The molecule has 0 fully saturated rings. The van der Waals surface area contributed by atoms with Crippen molar-refractivity contribution in [1.82, 2.24) is 4.90 Å². The number of hydrogen-bond acceptors (Lipinski definition) is 4. The van der Waals surface area contributed by atoms with Gasteiger partial charge in [0.15, 0.2) is 0 Å². The van der Waals surface area contributed by atoms with Gasteiger partial charge in [0.25, 0.3) is 0 Å². The van der Waals surface area contributed by atoms with Gasteiger partial charge in [-0.25, -0.2) is 0 Å². The fourth-order valence-electron chi connectivity index (χ4n) is 2.94. The zero-order valence-electron chi connectivity index (χ0n) is 16.4. The molecule has 1 atom stereocenters. The molecule has 28 heavy (non-hydrogen) atoms. The maximum absolute atomic E-state index is 10.7. The number of likely N-dealkylation sites (N-methyl/N-ethyl adjacent to an activating group) is 1. The van der Waals surface area contributed by atoms with E-state index < -0.39 is 5.97 Å². The van der Waals surface area contributed by atoms with Gasteiger partial charge in [-0.2, -0.15) is 0 Å². The van der Waals surface area contributed by atoms with Crippen molar-refractivity contribution >= 4 is 5.97 Å². The predicted molar refractivity (Wildman–Crippen MR) is 109 cm³/mol. The number of terminal acetylenes is 1. The van der Waals surface area contributed by atoms with Crippen LogP contribution < -0.4 is 4.74 Å². The molecule has 0 aliphatic rings. The number of carboxylic acid groups (broad SMARTS) is 1. The number of methoxy groups -OCH3 is 1. The highest BCUT2D eigenvalue weighted by atomic mass is 16.5. The molecule has 0 heterocycles. The Balaban J connectivity index is 1.96. The lowest BCUT2D eigenvalue weighted by Gasteiger charge is -2.26. The van der Waals surface area contributed by atoms with Crippen LogP contribution in [0.1, 0.15) is 16.7 Å². The summed E-state index contributed by atoms with van der Waals surface area (Å²) in [5, 5.41) is 8.83. The summed E-state index contributed by atoms with van der Waals surface area (Å²) in [5.41, 5.74) is 2.92. The van der Waals surface area contributed by atoms with Crippen molar-refractivity contribution in [2.24, 2.45) is 0 Å².